The predicted molar refractivity (Wildman–Crippen MR) is 132 cm³/mol. The van der Waals surface area contributed by atoms with Crippen molar-refractivity contribution in [1.29, 1.82) is 0 Å². The van der Waals surface area contributed by atoms with E-state index >= 15 is 0 Å². The summed E-state index contributed by atoms with van der Waals surface area (Å²) in [6.07, 6.45) is -0.246. The Bertz CT molecular complexity index is 1060. The number of carbonyl (C=O) groups is 3. The van der Waals surface area contributed by atoms with Crippen molar-refractivity contribution in [3.63, 3.8) is 0 Å². The van der Waals surface area contributed by atoms with Crippen molar-refractivity contribution in [2.75, 3.05) is 40.3 Å². The monoisotopic (exact) mass is 479 g/mol. The molecule has 1 aliphatic heterocycles. The molecule has 2 N–H and O–H groups in total. The van der Waals surface area contributed by atoms with E-state index in [1.165, 1.54) is 0 Å². The Labute approximate surface area is 205 Å². The van der Waals surface area contributed by atoms with E-state index in [-0.39, 0.29) is 30.9 Å². The number of alkyl carbamates (subject to hydrolysis) is 1. The molecule has 8 heteroatoms. The molecule has 2 amide bonds. The number of hydrogen-bond acceptors (Lipinski definition) is 5. The highest BCUT2D eigenvalue weighted by Gasteiger charge is 2.39. The standard InChI is InChI=1S/C27H33N3O5/c1-17-14-30(15-22(17)26(32)33)25(31)24(12-13-29(2)3)28-27(34)35-16-23-20-10-6-4-8-18(20)19-9-5-7-11-21(19)23/h4-11,17,22-24H,12-16H2,1-3H3,(H,28,34)(H,32,33). The number of rotatable bonds is 8. The second-order valence-electron chi connectivity index (χ2n) is 9.78. The van der Waals surface area contributed by atoms with Crippen LogP contribution in [0.3, 0.4) is 0 Å². The molecule has 0 aromatic heterocycles. The predicted octanol–water partition coefficient (Wildman–Crippen LogP) is 3.02. The molecule has 2 aromatic rings. The number of carbonyl (C=O) groups excluding carboxylic acids is 2. The van der Waals surface area contributed by atoms with E-state index < -0.39 is 24.0 Å². The van der Waals surface area contributed by atoms with Gasteiger partial charge in [-0.2, -0.15) is 0 Å². The smallest absolute Gasteiger partial charge is 0.407 e. The largest absolute Gasteiger partial charge is 0.481 e. The molecule has 1 aliphatic carbocycles. The third kappa shape index (κ3) is 5.32. The molecular weight excluding hydrogens is 446 g/mol. The molecule has 1 fully saturated rings. The highest BCUT2D eigenvalue weighted by atomic mass is 16.5. The van der Waals surface area contributed by atoms with Gasteiger partial charge < -0.3 is 25.0 Å². The minimum atomic E-state index is -0.901. The quantitative estimate of drug-likeness (QED) is 0.604. The molecule has 0 radical (unpaired) electrons. The first-order chi connectivity index (χ1) is 16.8. The number of likely N-dealkylation sites (tertiary alicyclic amines) is 1. The van der Waals surface area contributed by atoms with Crippen LogP contribution in [0.25, 0.3) is 11.1 Å². The second-order valence-corrected chi connectivity index (χ2v) is 9.78. The lowest BCUT2D eigenvalue weighted by Gasteiger charge is -2.25. The fraction of sp³-hybridized carbons (Fsp3) is 0.444. The average Bonchev–Trinajstić information content (AvgIpc) is 3.38. The van der Waals surface area contributed by atoms with Crippen molar-refractivity contribution in [3.05, 3.63) is 59.7 Å². The molecule has 2 aromatic carbocycles. The van der Waals surface area contributed by atoms with Crippen LogP contribution >= 0.6 is 0 Å². The lowest BCUT2D eigenvalue weighted by molar-refractivity contribution is -0.142. The summed E-state index contributed by atoms with van der Waals surface area (Å²) in [5.41, 5.74) is 4.53. The maximum absolute atomic E-state index is 13.2. The van der Waals surface area contributed by atoms with Crippen LogP contribution in [-0.2, 0) is 14.3 Å². The molecule has 2 aliphatic rings. The minimum Gasteiger partial charge on any atom is -0.481 e. The normalized spacial score (nSPS) is 19.8. The van der Waals surface area contributed by atoms with E-state index in [9.17, 15) is 19.5 Å². The fourth-order valence-electron chi connectivity index (χ4n) is 5.12. The van der Waals surface area contributed by atoms with Crippen LogP contribution in [0.15, 0.2) is 48.5 Å². The highest BCUT2D eigenvalue weighted by molar-refractivity contribution is 5.87. The molecule has 3 atom stereocenters. The Hall–Kier alpha value is -3.39. The Kier molecular flexibility index (Phi) is 7.40. The molecular formula is C27H33N3O5. The zero-order valence-electron chi connectivity index (χ0n) is 20.4. The number of benzene rings is 2. The molecule has 8 nitrogen and oxygen atoms in total. The second kappa shape index (κ2) is 10.5. The maximum Gasteiger partial charge on any atom is 0.407 e. The van der Waals surface area contributed by atoms with Gasteiger partial charge in [0.05, 0.1) is 5.92 Å². The Morgan fingerprint density at radius 2 is 1.66 bits per heavy atom. The van der Waals surface area contributed by atoms with Gasteiger partial charge in [0, 0.05) is 19.0 Å². The first-order valence-corrected chi connectivity index (χ1v) is 12.0. The lowest BCUT2D eigenvalue weighted by Crippen LogP contribution is -2.49. The molecule has 186 valence electrons. The SMILES string of the molecule is CC1CN(C(=O)C(CCN(C)C)NC(=O)OCC2c3ccccc3-c3ccccc32)CC1C(=O)O. The van der Waals surface area contributed by atoms with Gasteiger partial charge in [0.1, 0.15) is 12.6 Å². The molecule has 35 heavy (non-hydrogen) atoms. The fourth-order valence-corrected chi connectivity index (χ4v) is 5.12. The number of amides is 2. The summed E-state index contributed by atoms with van der Waals surface area (Å²) in [5.74, 6) is -1.97. The van der Waals surface area contributed by atoms with Crippen LogP contribution in [0, 0.1) is 11.8 Å². The van der Waals surface area contributed by atoms with Crippen LogP contribution in [0.5, 0.6) is 0 Å². The molecule has 3 unspecified atom stereocenters. The van der Waals surface area contributed by atoms with Gasteiger partial charge in [0.25, 0.3) is 0 Å². The van der Waals surface area contributed by atoms with Crippen molar-refractivity contribution in [2.24, 2.45) is 11.8 Å². The summed E-state index contributed by atoms with van der Waals surface area (Å²) < 4.78 is 5.64. The maximum atomic E-state index is 13.2. The topological polar surface area (TPSA) is 99.2 Å². The Morgan fingerprint density at radius 3 is 2.20 bits per heavy atom. The van der Waals surface area contributed by atoms with Crippen molar-refractivity contribution in [3.8, 4) is 11.1 Å². The summed E-state index contributed by atoms with van der Waals surface area (Å²) in [4.78, 5) is 41.0. The summed E-state index contributed by atoms with van der Waals surface area (Å²) in [6.45, 7) is 3.10. The molecule has 0 bridgehead atoms. The number of aliphatic carboxylic acids is 1. The number of carboxylic acids is 1. The van der Waals surface area contributed by atoms with E-state index in [2.05, 4.69) is 29.6 Å². The van der Waals surface area contributed by atoms with Crippen LogP contribution in [0.4, 0.5) is 4.79 Å². The number of fused-ring (bicyclic) bond motifs is 3. The lowest BCUT2D eigenvalue weighted by atomic mass is 9.98. The van der Waals surface area contributed by atoms with Crippen molar-refractivity contribution >= 4 is 18.0 Å². The van der Waals surface area contributed by atoms with E-state index in [0.717, 1.165) is 22.3 Å². The number of ether oxygens (including phenoxy) is 1. The van der Waals surface area contributed by atoms with Crippen molar-refractivity contribution in [2.45, 2.75) is 25.3 Å². The van der Waals surface area contributed by atoms with Crippen molar-refractivity contribution < 1.29 is 24.2 Å². The van der Waals surface area contributed by atoms with Gasteiger partial charge >= 0.3 is 12.1 Å². The van der Waals surface area contributed by atoms with Gasteiger partial charge in [-0.05, 0) is 55.2 Å². The van der Waals surface area contributed by atoms with Gasteiger partial charge in [-0.25, -0.2) is 4.79 Å². The van der Waals surface area contributed by atoms with E-state index in [1.807, 2.05) is 50.2 Å². The van der Waals surface area contributed by atoms with E-state index in [1.54, 1.807) is 4.90 Å². The number of carboxylic acid groups (broad SMARTS) is 1. The Balaban J connectivity index is 1.42. The molecule has 4 rings (SSSR count). The summed E-state index contributed by atoms with van der Waals surface area (Å²) in [6, 6.07) is 15.4. The van der Waals surface area contributed by atoms with Gasteiger partial charge in [-0.3, -0.25) is 9.59 Å². The van der Waals surface area contributed by atoms with Gasteiger partial charge in [-0.1, -0.05) is 55.5 Å². The third-order valence-electron chi connectivity index (χ3n) is 7.04. The third-order valence-corrected chi connectivity index (χ3v) is 7.04. The zero-order valence-corrected chi connectivity index (χ0v) is 20.4. The zero-order chi connectivity index (χ0) is 25.1. The van der Waals surface area contributed by atoms with Crippen LogP contribution in [-0.4, -0.2) is 79.3 Å². The molecule has 0 spiro atoms. The Morgan fingerprint density at radius 1 is 1.06 bits per heavy atom. The first-order valence-electron chi connectivity index (χ1n) is 12.0. The summed E-state index contributed by atoms with van der Waals surface area (Å²) in [5, 5.41) is 12.2. The number of nitrogens with zero attached hydrogens (tertiary/aromatic N) is 2. The van der Waals surface area contributed by atoms with Crippen molar-refractivity contribution in [1.82, 2.24) is 15.1 Å². The molecule has 1 saturated heterocycles. The minimum absolute atomic E-state index is 0.0696. The van der Waals surface area contributed by atoms with E-state index in [0.29, 0.717) is 19.5 Å². The van der Waals surface area contributed by atoms with Gasteiger partial charge in [-0.15, -0.1) is 0 Å². The molecule has 0 saturated carbocycles. The number of nitrogens with one attached hydrogen (secondary N) is 1. The van der Waals surface area contributed by atoms with Crippen LogP contribution in [0.2, 0.25) is 0 Å². The highest BCUT2D eigenvalue weighted by Crippen LogP contribution is 2.44. The average molecular weight is 480 g/mol. The number of hydrogen-bond donors (Lipinski definition) is 2. The van der Waals surface area contributed by atoms with Gasteiger partial charge in [0.15, 0.2) is 0 Å². The summed E-state index contributed by atoms with van der Waals surface area (Å²) >= 11 is 0. The first kappa shape index (κ1) is 24.7. The molecule has 1 heterocycles. The van der Waals surface area contributed by atoms with Crippen LogP contribution < -0.4 is 5.32 Å². The van der Waals surface area contributed by atoms with E-state index in [4.69, 9.17) is 4.74 Å². The van der Waals surface area contributed by atoms with Gasteiger partial charge in [0.2, 0.25) is 5.91 Å². The summed E-state index contributed by atoms with van der Waals surface area (Å²) in [7, 11) is 3.79. The van der Waals surface area contributed by atoms with Crippen LogP contribution in [0.1, 0.15) is 30.4 Å².